The van der Waals surface area contributed by atoms with Crippen LogP contribution in [-0.4, -0.2) is 6.54 Å². The van der Waals surface area contributed by atoms with Gasteiger partial charge in [-0.2, -0.15) is 0 Å². The SMILES string of the molecule is Cc1cc2c(s1)C(C)(C)CN2. The van der Waals surface area contributed by atoms with Gasteiger partial charge in [0.15, 0.2) is 0 Å². The Morgan fingerprint density at radius 1 is 1.55 bits per heavy atom. The van der Waals surface area contributed by atoms with E-state index in [1.54, 1.807) is 0 Å². The predicted octanol–water partition coefficient (Wildman–Crippen LogP) is 2.76. The Morgan fingerprint density at radius 3 is 2.91 bits per heavy atom. The predicted molar refractivity (Wildman–Crippen MR) is 50.6 cm³/mol. The van der Waals surface area contributed by atoms with Crippen LogP contribution in [0, 0.1) is 6.92 Å². The number of hydrogen-bond acceptors (Lipinski definition) is 2. The molecule has 1 nitrogen and oxygen atoms in total. The van der Waals surface area contributed by atoms with E-state index in [2.05, 4.69) is 32.2 Å². The molecule has 1 aromatic rings. The molecule has 1 aromatic heterocycles. The highest BCUT2D eigenvalue weighted by atomic mass is 32.1. The molecule has 0 saturated carbocycles. The minimum Gasteiger partial charge on any atom is -0.383 e. The molecule has 0 radical (unpaired) electrons. The first-order chi connectivity index (χ1) is 5.09. The Hall–Kier alpha value is -0.500. The van der Waals surface area contributed by atoms with Crippen molar-refractivity contribution >= 4 is 17.0 Å². The topological polar surface area (TPSA) is 12.0 Å². The number of anilines is 1. The molecule has 1 N–H and O–H groups in total. The maximum Gasteiger partial charge on any atom is 0.0490 e. The van der Waals surface area contributed by atoms with Crippen LogP contribution in [0.25, 0.3) is 0 Å². The van der Waals surface area contributed by atoms with Gasteiger partial charge in [-0.1, -0.05) is 13.8 Å². The molecular weight excluding hydrogens is 154 g/mol. The lowest BCUT2D eigenvalue weighted by atomic mass is 9.94. The molecule has 0 atom stereocenters. The second-order valence-corrected chi connectivity index (χ2v) is 5.09. The summed E-state index contributed by atoms with van der Waals surface area (Å²) in [6, 6.07) is 2.24. The summed E-state index contributed by atoms with van der Waals surface area (Å²) in [5.74, 6) is 0. The third-order valence-electron chi connectivity index (χ3n) is 2.19. The van der Waals surface area contributed by atoms with E-state index in [-0.39, 0.29) is 0 Å². The molecule has 1 aliphatic heterocycles. The Labute approximate surface area is 71.4 Å². The lowest BCUT2D eigenvalue weighted by Crippen LogP contribution is -2.18. The highest BCUT2D eigenvalue weighted by Gasteiger charge is 2.31. The molecule has 60 valence electrons. The molecule has 0 saturated heterocycles. The molecule has 1 aliphatic rings. The van der Waals surface area contributed by atoms with E-state index >= 15 is 0 Å². The van der Waals surface area contributed by atoms with E-state index < -0.39 is 0 Å². The molecular formula is C9H13NS. The Bertz CT molecular complexity index is 286. The van der Waals surface area contributed by atoms with E-state index in [0.717, 1.165) is 6.54 Å². The van der Waals surface area contributed by atoms with Crippen LogP contribution < -0.4 is 5.32 Å². The van der Waals surface area contributed by atoms with Gasteiger partial charge < -0.3 is 5.32 Å². The second-order valence-electron chi connectivity index (χ2n) is 3.84. The number of hydrogen-bond donors (Lipinski definition) is 1. The van der Waals surface area contributed by atoms with E-state index in [1.165, 1.54) is 15.4 Å². The van der Waals surface area contributed by atoms with Crippen molar-refractivity contribution in [1.29, 1.82) is 0 Å². The van der Waals surface area contributed by atoms with Gasteiger partial charge in [0, 0.05) is 27.4 Å². The smallest absolute Gasteiger partial charge is 0.0490 e. The third kappa shape index (κ3) is 0.968. The summed E-state index contributed by atoms with van der Waals surface area (Å²) in [6.07, 6.45) is 0. The van der Waals surface area contributed by atoms with Crippen molar-refractivity contribution in [3.63, 3.8) is 0 Å². The van der Waals surface area contributed by atoms with Crippen LogP contribution in [0.3, 0.4) is 0 Å². The van der Waals surface area contributed by atoms with Gasteiger partial charge in [0.05, 0.1) is 0 Å². The van der Waals surface area contributed by atoms with Crippen molar-refractivity contribution in [2.75, 3.05) is 11.9 Å². The van der Waals surface area contributed by atoms with Gasteiger partial charge in [0.25, 0.3) is 0 Å². The normalized spacial score (nSPS) is 19.5. The second kappa shape index (κ2) is 2.01. The first kappa shape index (κ1) is 7.17. The lowest BCUT2D eigenvalue weighted by molar-refractivity contribution is 0.597. The third-order valence-corrected chi connectivity index (χ3v) is 3.61. The van der Waals surface area contributed by atoms with Gasteiger partial charge >= 0.3 is 0 Å². The Balaban J connectivity index is 2.54. The summed E-state index contributed by atoms with van der Waals surface area (Å²) in [5, 5.41) is 3.42. The van der Waals surface area contributed by atoms with Crippen LogP contribution in [0.2, 0.25) is 0 Å². The van der Waals surface area contributed by atoms with Crippen molar-refractivity contribution < 1.29 is 0 Å². The molecule has 0 aromatic carbocycles. The van der Waals surface area contributed by atoms with Gasteiger partial charge in [-0.3, -0.25) is 0 Å². The summed E-state index contributed by atoms with van der Waals surface area (Å²) in [6.45, 7) is 7.85. The van der Waals surface area contributed by atoms with E-state index in [1.807, 2.05) is 11.3 Å². The summed E-state index contributed by atoms with van der Waals surface area (Å²) >= 11 is 1.92. The highest BCUT2D eigenvalue weighted by molar-refractivity contribution is 7.12. The number of nitrogens with one attached hydrogen (secondary N) is 1. The molecule has 0 unspecified atom stereocenters. The van der Waals surface area contributed by atoms with Crippen molar-refractivity contribution in [1.82, 2.24) is 0 Å². The maximum absolute atomic E-state index is 3.42. The first-order valence-corrected chi connectivity index (χ1v) is 4.76. The van der Waals surface area contributed by atoms with Gasteiger partial charge in [-0.25, -0.2) is 0 Å². The van der Waals surface area contributed by atoms with E-state index in [9.17, 15) is 0 Å². The van der Waals surface area contributed by atoms with Crippen molar-refractivity contribution in [3.05, 3.63) is 15.8 Å². The molecule has 0 fully saturated rings. The molecule has 11 heavy (non-hydrogen) atoms. The molecule has 2 heterocycles. The molecule has 2 rings (SSSR count). The largest absolute Gasteiger partial charge is 0.383 e. The number of aryl methyl sites for hydroxylation is 1. The summed E-state index contributed by atoms with van der Waals surface area (Å²) in [7, 11) is 0. The minimum absolute atomic E-state index is 0.355. The van der Waals surface area contributed by atoms with Crippen LogP contribution in [-0.2, 0) is 5.41 Å². The molecule has 0 amide bonds. The Kier molecular flexibility index (Phi) is 1.31. The number of rotatable bonds is 0. The van der Waals surface area contributed by atoms with Gasteiger partial charge in [-0.15, -0.1) is 11.3 Å². The number of thiophene rings is 1. The summed E-state index contributed by atoms with van der Waals surface area (Å²) < 4.78 is 0. The van der Waals surface area contributed by atoms with Crippen molar-refractivity contribution in [2.45, 2.75) is 26.2 Å². The molecule has 0 bridgehead atoms. The van der Waals surface area contributed by atoms with Gasteiger partial charge in [0.1, 0.15) is 0 Å². The van der Waals surface area contributed by atoms with Crippen LogP contribution in [0.15, 0.2) is 6.07 Å². The fourth-order valence-electron chi connectivity index (χ4n) is 1.54. The number of fused-ring (bicyclic) bond motifs is 1. The zero-order valence-electron chi connectivity index (χ0n) is 7.19. The standard InChI is InChI=1S/C9H13NS/c1-6-4-7-8(11-6)9(2,3)5-10-7/h4,10H,5H2,1-3H3. The van der Waals surface area contributed by atoms with Crippen molar-refractivity contribution in [2.24, 2.45) is 0 Å². The first-order valence-electron chi connectivity index (χ1n) is 3.94. The zero-order chi connectivity index (χ0) is 8.06. The van der Waals surface area contributed by atoms with E-state index in [4.69, 9.17) is 0 Å². The molecule has 0 aliphatic carbocycles. The van der Waals surface area contributed by atoms with Crippen LogP contribution in [0.1, 0.15) is 23.6 Å². The fraction of sp³-hybridized carbons (Fsp3) is 0.556. The van der Waals surface area contributed by atoms with Crippen LogP contribution in [0.5, 0.6) is 0 Å². The molecule has 0 spiro atoms. The maximum atomic E-state index is 3.42. The minimum atomic E-state index is 0.355. The Morgan fingerprint density at radius 2 is 2.27 bits per heavy atom. The fourth-order valence-corrected chi connectivity index (χ4v) is 2.63. The quantitative estimate of drug-likeness (QED) is 0.626. The molecule has 2 heteroatoms. The summed E-state index contributed by atoms with van der Waals surface area (Å²) in [4.78, 5) is 2.94. The lowest BCUT2D eigenvalue weighted by Gasteiger charge is -2.14. The average molecular weight is 167 g/mol. The van der Waals surface area contributed by atoms with Crippen LogP contribution >= 0.6 is 11.3 Å². The van der Waals surface area contributed by atoms with E-state index in [0.29, 0.717) is 5.41 Å². The summed E-state index contributed by atoms with van der Waals surface area (Å²) in [5.41, 5.74) is 1.71. The zero-order valence-corrected chi connectivity index (χ0v) is 8.01. The average Bonchev–Trinajstić information content (AvgIpc) is 2.35. The van der Waals surface area contributed by atoms with Crippen LogP contribution in [0.4, 0.5) is 5.69 Å². The highest BCUT2D eigenvalue weighted by Crippen LogP contribution is 2.41. The monoisotopic (exact) mass is 167 g/mol. The van der Waals surface area contributed by atoms with Gasteiger partial charge in [-0.05, 0) is 13.0 Å². The van der Waals surface area contributed by atoms with Gasteiger partial charge in [0.2, 0.25) is 0 Å². The van der Waals surface area contributed by atoms with Crippen molar-refractivity contribution in [3.8, 4) is 0 Å².